The lowest BCUT2D eigenvalue weighted by Gasteiger charge is -2.22. The van der Waals surface area contributed by atoms with E-state index < -0.39 is 0 Å². The van der Waals surface area contributed by atoms with Gasteiger partial charge in [-0.15, -0.1) is 0 Å². The molecule has 0 unspecified atom stereocenters. The van der Waals surface area contributed by atoms with E-state index in [4.69, 9.17) is 40.5 Å². The number of nitrogens with zero attached hydrogens (tertiary/aromatic N) is 1. The zero-order valence-electron chi connectivity index (χ0n) is 10.3. The Balaban J connectivity index is 2.28. The van der Waals surface area contributed by atoms with Gasteiger partial charge in [-0.3, -0.25) is 0 Å². The van der Waals surface area contributed by atoms with Gasteiger partial charge in [0.25, 0.3) is 0 Å². The minimum absolute atomic E-state index is 0.537. The number of hydrogen-bond acceptors (Lipinski definition) is 2. The highest BCUT2D eigenvalue weighted by Crippen LogP contribution is 2.36. The lowest BCUT2D eigenvalue weighted by Crippen LogP contribution is -2.17. The smallest absolute Gasteiger partial charge is 0.0746 e. The first kappa shape index (κ1) is 14.3. The lowest BCUT2D eigenvalue weighted by atomic mass is 10.2. The van der Waals surface area contributed by atoms with E-state index in [2.05, 4.69) is 0 Å². The van der Waals surface area contributed by atoms with Gasteiger partial charge < -0.3 is 10.6 Å². The van der Waals surface area contributed by atoms with Crippen molar-refractivity contribution in [2.75, 3.05) is 17.7 Å². The molecule has 0 aliphatic heterocycles. The first-order valence-electron chi connectivity index (χ1n) is 5.67. The molecule has 2 aromatic carbocycles. The molecule has 2 rings (SSSR count). The number of halogens is 3. The molecule has 19 heavy (non-hydrogen) atoms. The number of hydrogen-bond donors (Lipinski definition) is 1. The van der Waals surface area contributed by atoms with Gasteiger partial charge in [-0.05, 0) is 29.8 Å². The van der Waals surface area contributed by atoms with E-state index in [0.717, 1.165) is 11.3 Å². The third-order valence-electron chi connectivity index (χ3n) is 2.73. The van der Waals surface area contributed by atoms with Crippen molar-refractivity contribution in [3.05, 3.63) is 57.0 Å². The molecule has 0 aliphatic carbocycles. The van der Waals surface area contributed by atoms with Crippen LogP contribution in [0.1, 0.15) is 5.56 Å². The summed E-state index contributed by atoms with van der Waals surface area (Å²) in [6, 6.07) is 11.1. The second kappa shape index (κ2) is 5.91. The van der Waals surface area contributed by atoms with E-state index in [0.29, 0.717) is 27.3 Å². The van der Waals surface area contributed by atoms with Gasteiger partial charge in [0.1, 0.15) is 0 Å². The number of anilines is 2. The predicted molar refractivity (Wildman–Crippen MR) is 84.4 cm³/mol. The first-order chi connectivity index (χ1) is 8.97. The molecule has 0 spiro atoms. The molecule has 0 radical (unpaired) electrons. The minimum atomic E-state index is 0.537. The van der Waals surface area contributed by atoms with E-state index in [1.807, 2.05) is 36.2 Å². The summed E-state index contributed by atoms with van der Waals surface area (Å²) in [6.07, 6.45) is 0. The molecule has 0 bridgehead atoms. The van der Waals surface area contributed by atoms with Gasteiger partial charge in [0.05, 0.1) is 15.7 Å². The second-order valence-electron chi connectivity index (χ2n) is 4.32. The van der Waals surface area contributed by atoms with Crippen molar-refractivity contribution >= 4 is 46.2 Å². The molecule has 0 amide bonds. The van der Waals surface area contributed by atoms with Crippen LogP contribution < -0.4 is 10.6 Å². The third-order valence-corrected chi connectivity index (χ3v) is 3.54. The Morgan fingerprint density at radius 3 is 2.26 bits per heavy atom. The highest BCUT2D eigenvalue weighted by Gasteiger charge is 2.12. The Kier molecular flexibility index (Phi) is 4.46. The van der Waals surface area contributed by atoms with Crippen molar-refractivity contribution in [1.82, 2.24) is 0 Å². The van der Waals surface area contributed by atoms with Crippen LogP contribution >= 0.6 is 34.8 Å². The fourth-order valence-electron chi connectivity index (χ4n) is 1.94. The maximum absolute atomic E-state index is 6.19. The van der Waals surface area contributed by atoms with Gasteiger partial charge >= 0.3 is 0 Å². The van der Waals surface area contributed by atoms with E-state index in [-0.39, 0.29) is 0 Å². The fourth-order valence-corrected chi connectivity index (χ4v) is 2.94. The highest BCUT2D eigenvalue weighted by atomic mass is 35.5. The topological polar surface area (TPSA) is 29.3 Å². The number of nitrogen functional groups attached to an aromatic ring is 1. The van der Waals surface area contributed by atoms with Crippen LogP contribution in [0.2, 0.25) is 15.1 Å². The molecule has 0 aliphatic rings. The van der Waals surface area contributed by atoms with Crippen molar-refractivity contribution in [3.63, 3.8) is 0 Å². The maximum atomic E-state index is 6.19. The van der Waals surface area contributed by atoms with Gasteiger partial charge in [-0.2, -0.15) is 0 Å². The maximum Gasteiger partial charge on any atom is 0.0746 e. The van der Waals surface area contributed by atoms with Crippen LogP contribution in [-0.2, 0) is 6.54 Å². The summed E-state index contributed by atoms with van der Waals surface area (Å²) in [6.45, 7) is 0.657. The number of benzene rings is 2. The molecule has 2 aromatic rings. The summed E-state index contributed by atoms with van der Waals surface area (Å²) in [7, 11) is 1.92. The van der Waals surface area contributed by atoms with E-state index in [9.17, 15) is 0 Å². The molecule has 2 nitrogen and oxygen atoms in total. The Hall–Kier alpha value is -1.09. The molecule has 5 heteroatoms. The SMILES string of the molecule is CN(Cc1cccc(Cl)c1)c1c(Cl)cc(N)cc1Cl. The van der Waals surface area contributed by atoms with Crippen molar-refractivity contribution in [1.29, 1.82) is 0 Å². The largest absolute Gasteiger partial charge is 0.399 e. The molecule has 100 valence electrons. The normalized spacial score (nSPS) is 10.5. The Morgan fingerprint density at radius 2 is 1.68 bits per heavy atom. The monoisotopic (exact) mass is 314 g/mol. The van der Waals surface area contributed by atoms with Crippen LogP contribution in [0.4, 0.5) is 11.4 Å². The van der Waals surface area contributed by atoms with Crippen LogP contribution in [0.3, 0.4) is 0 Å². The molecular weight excluding hydrogens is 303 g/mol. The van der Waals surface area contributed by atoms with Crippen molar-refractivity contribution in [3.8, 4) is 0 Å². The molecule has 0 saturated carbocycles. The molecule has 0 atom stereocenters. The van der Waals surface area contributed by atoms with Crippen LogP contribution in [0.25, 0.3) is 0 Å². The average Bonchev–Trinajstić information content (AvgIpc) is 2.27. The molecule has 0 saturated heterocycles. The second-order valence-corrected chi connectivity index (χ2v) is 5.57. The zero-order valence-corrected chi connectivity index (χ0v) is 12.6. The standard InChI is InChI=1S/C14H13Cl3N2/c1-19(8-9-3-2-4-10(15)5-9)14-12(16)6-11(18)7-13(14)17/h2-7H,8,18H2,1H3. The lowest BCUT2D eigenvalue weighted by molar-refractivity contribution is 0.924. The molecule has 0 fully saturated rings. The van der Waals surface area contributed by atoms with Gasteiger partial charge in [0.2, 0.25) is 0 Å². The molecular formula is C14H13Cl3N2. The van der Waals surface area contributed by atoms with Crippen molar-refractivity contribution < 1.29 is 0 Å². The van der Waals surface area contributed by atoms with Gasteiger partial charge in [0, 0.05) is 24.3 Å². The number of nitrogens with two attached hydrogens (primary N) is 1. The van der Waals surface area contributed by atoms with Crippen molar-refractivity contribution in [2.24, 2.45) is 0 Å². The highest BCUT2D eigenvalue weighted by molar-refractivity contribution is 6.39. The average molecular weight is 316 g/mol. The number of rotatable bonds is 3. The Morgan fingerprint density at radius 1 is 1.05 bits per heavy atom. The quantitative estimate of drug-likeness (QED) is 0.819. The van der Waals surface area contributed by atoms with Crippen LogP contribution in [0.5, 0.6) is 0 Å². The summed E-state index contributed by atoms with van der Waals surface area (Å²) < 4.78 is 0. The summed E-state index contributed by atoms with van der Waals surface area (Å²) in [4.78, 5) is 1.97. The predicted octanol–water partition coefficient (Wildman–Crippen LogP) is 4.87. The summed E-state index contributed by atoms with van der Waals surface area (Å²) in [5, 5.41) is 1.78. The third kappa shape index (κ3) is 3.47. The van der Waals surface area contributed by atoms with Gasteiger partial charge in [-0.1, -0.05) is 46.9 Å². The summed E-state index contributed by atoms with van der Waals surface area (Å²) in [5.41, 5.74) is 8.09. The van der Waals surface area contributed by atoms with E-state index >= 15 is 0 Å². The van der Waals surface area contributed by atoms with Crippen molar-refractivity contribution in [2.45, 2.75) is 6.54 Å². The van der Waals surface area contributed by atoms with E-state index in [1.165, 1.54) is 0 Å². The molecule has 2 N–H and O–H groups in total. The fraction of sp³-hybridized carbons (Fsp3) is 0.143. The minimum Gasteiger partial charge on any atom is -0.399 e. The van der Waals surface area contributed by atoms with Gasteiger partial charge in [-0.25, -0.2) is 0 Å². The Bertz CT molecular complexity index is 576. The van der Waals surface area contributed by atoms with Crippen LogP contribution in [0, 0.1) is 0 Å². The van der Waals surface area contributed by atoms with Gasteiger partial charge in [0.15, 0.2) is 0 Å². The Labute approximate surface area is 127 Å². The van der Waals surface area contributed by atoms with Crippen LogP contribution in [0.15, 0.2) is 36.4 Å². The summed E-state index contributed by atoms with van der Waals surface area (Å²) in [5.74, 6) is 0. The zero-order chi connectivity index (χ0) is 14.0. The molecule has 0 aromatic heterocycles. The van der Waals surface area contributed by atoms with Crippen LogP contribution in [-0.4, -0.2) is 7.05 Å². The van der Waals surface area contributed by atoms with E-state index in [1.54, 1.807) is 12.1 Å². The first-order valence-corrected chi connectivity index (χ1v) is 6.81. The summed E-state index contributed by atoms with van der Waals surface area (Å²) >= 11 is 18.4. The molecule has 0 heterocycles.